The molecule has 24 heavy (non-hydrogen) atoms. The van der Waals surface area contributed by atoms with Crippen LogP contribution >= 0.6 is 0 Å². The molecular formula is C19H17N3O2. The highest BCUT2D eigenvalue weighted by atomic mass is 16.2. The average molecular weight is 319 g/mol. The Morgan fingerprint density at radius 2 is 1.75 bits per heavy atom. The van der Waals surface area contributed by atoms with Gasteiger partial charge in [-0.25, -0.2) is 0 Å². The van der Waals surface area contributed by atoms with Crippen molar-refractivity contribution in [3.05, 3.63) is 78.1 Å². The van der Waals surface area contributed by atoms with E-state index in [0.29, 0.717) is 6.42 Å². The SMILES string of the molecule is NC(=O)[C@@H](Cc1ccc2ccccc2c1)NC(=O)c1ccccn1. The zero-order chi connectivity index (χ0) is 16.9. The molecule has 0 radical (unpaired) electrons. The lowest BCUT2D eigenvalue weighted by Crippen LogP contribution is -2.46. The van der Waals surface area contributed by atoms with Crippen LogP contribution in [0.1, 0.15) is 16.1 Å². The Kier molecular flexibility index (Phi) is 4.52. The molecule has 0 aliphatic carbocycles. The smallest absolute Gasteiger partial charge is 0.270 e. The van der Waals surface area contributed by atoms with Gasteiger partial charge in [-0.3, -0.25) is 14.6 Å². The predicted molar refractivity (Wildman–Crippen MR) is 92.3 cm³/mol. The third-order valence-corrected chi connectivity index (χ3v) is 3.80. The summed E-state index contributed by atoms with van der Waals surface area (Å²) in [4.78, 5) is 27.9. The van der Waals surface area contributed by atoms with Gasteiger partial charge in [-0.1, -0.05) is 48.5 Å². The number of hydrogen-bond donors (Lipinski definition) is 2. The lowest BCUT2D eigenvalue weighted by atomic mass is 10.0. The fourth-order valence-corrected chi connectivity index (χ4v) is 2.55. The van der Waals surface area contributed by atoms with Crippen molar-refractivity contribution in [1.29, 1.82) is 0 Å². The Balaban J connectivity index is 1.78. The monoisotopic (exact) mass is 319 g/mol. The van der Waals surface area contributed by atoms with E-state index in [0.717, 1.165) is 16.3 Å². The highest BCUT2D eigenvalue weighted by Gasteiger charge is 2.20. The molecule has 5 heteroatoms. The molecule has 0 aliphatic rings. The van der Waals surface area contributed by atoms with E-state index in [4.69, 9.17) is 5.73 Å². The minimum atomic E-state index is -0.791. The van der Waals surface area contributed by atoms with E-state index in [1.54, 1.807) is 18.2 Å². The van der Waals surface area contributed by atoms with Crippen molar-refractivity contribution in [1.82, 2.24) is 10.3 Å². The van der Waals surface area contributed by atoms with Crippen LogP contribution in [-0.2, 0) is 11.2 Å². The minimum absolute atomic E-state index is 0.252. The van der Waals surface area contributed by atoms with Crippen LogP contribution in [0.2, 0.25) is 0 Å². The van der Waals surface area contributed by atoms with Crippen molar-refractivity contribution in [2.24, 2.45) is 5.73 Å². The van der Waals surface area contributed by atoms with E-state index >= 15 is 0 Å². The molecule has 0 unspecified atom stereocenters. The van der Waals surface area contributed by atoms with Crippen LogP contribution in [-0.4, -0.2) is 22.8 Å². The Bertz CT molecular complexity index is 878. The number of fused-ring (bicyclic) bond motifs is 1. The summed E-state index contributed by atoms with van der Waals surface area (Å²) < 4.78 is 0. The fourth-order valence-electron chi connectivity index (χ4n) is 2.55. The topological polar surface area (TPSA) is 85.1 Å². The summed E-state index contributed by atoms with van der Waals surface area (Å²) in [5.74, 6) is -0.993. The molecule has 1 heterocycles. The van der Waals surface area contributed by atoms with Crippen molar-refractivity contribution < 1.29 is 9.59 Å². The standard InChI is InChI=1S/C19H17N3O2/c20-18(23)17(22-19(24)16-7-3-4-10-21-16)12-13-8-9-14-5-1-2-6-15(14)11-13/h1-11,17H,12H2,(H2,20,23)(H,22,24)/t17-/m1/s1. The van der Waals surface area contributed by atoms with Gasteiger partial charge in [-0.2, -0.15) is 0 Å². The van der Waals surface area contributed by atoms with Gasteiger partial charge in [-0.15, -0.1) is 0 Å². The summed E-state index contributed by atoms with van der Waals surface area (Å²) in [6, 6.07) is 18.1. The van der Waals surface area contributed by atoms with E-state index < -0.39 is 17.9 Å². The molecule has 3 rings (SSSR count). The van der Waals surface area contributed by atoms with Gasteiger partial charge in [0.25, 0.3) is 5.91 Å². The van der Waals surface area contributed by atoms with Crippen molar-refractivity contribution in [3.8, 4) is 0 Å². The first-order valence-electron chi connectivity index (χ1n) is 7.62. The molecule has 0 saturated heterocycles. The van der Waals surface area contributed by atoms with Crippen LogP contribution in [0, 0.1) is 0 Å². The molecule has 0 aliphatic heterocycles. The first kappa shape index (κ1) is 15.7. The van der Waals surface area contributed by atoms with Gasteiger partial charge in [0.05, 0.1) is 0 Å². The van der Waals surface area contributed by atoms with Crippen molar-refractivity contribution in [2.45, 2.75) is 12.5 Å². The second kappa shape index (κ2) is 6.91. The Labute approximate surface area is 139 Å². The van der Waals surface area contributed by atoms with Crippen LogP contribution in [0.5, 0.6) is 0 Å². The summed E-state index contributed by atoms with van der Waals surface area (Å²) in [7, 11) is 0. The largest absolute Gasteiger partial charge is 0.368 e. The molecule has 0 bridgehead atoms. The van der Waals surface area contributed by atoms with Gasteiger partial charge in [0.15, 0.2) is 0 Å². The second-order valence-corrected chi connectivity index (χ2v) is 5.53. The zero-order valence-electron chi connectivity index (χ0n) is 13.0. The number of amides is 2. The maximum Gasteiger partial charge on any atom is 0.270 e. The van der Waals surface area contributed by atoms with Gasteiger partial charge < -0.3 is 11.1 Å². The summed E-state index contributed by atoms with van der Waals surface area (Å²) in [5.41, 5.74) is 6.63. The number of nitrogens with one attached hydrogen (secondary N) is 1. The molecule has 2 amide bonds. The number of carbonyl (C=O) groups excluding carboxylic acids is 2. The van der Waals surface area contributed by atoms with E-state index in [1.807, 2.05) is 42.5 Å². The molecule has 3 N–H and O–H groups in total. The Morgan fingerprint density at radius 1 is 1.00 bits per heavy atom. The van der Waals surface area contributed by atoms with E-state index in [2.05, 4.69) is 10.3 Å². The third kappa shape index (κ3) is 3.57. The molecule has 0 saturated carbocycles. The highest BCUT2D eigenvalue weighted by molar-refractivity contribution is 5.95. The van der Waals surface area contributed by atoms with Gasteiger partial charge in [0, 0.05) is 12.6 Å². The molecule has 0 fully saturated rings. The van der Waals surface area contributed by atoms with Crippen LogP contribution in [0.4, 0.5) is 0 Å². The predicted octanol–water partition coefficient (Wildman–Crippen LogP) is 2.06. The summed E-state index contributed by atoms with van der Waals surface area (Å²) >= 11 is 0. The number of aromatic nitrogens is 1. The van der Waals surface area contributed by atoms with Crippen LogP contribution < -0.4 is 11.1 Å². The highest BCUT2D eigenvalue weighted by Crippen LogP contribution is 2.16. The molecule has 2 aromatic carbocycles. The quantitative estimate of drug-likeness (QED) is 0.755. The number of nitrogens with two attached hydrogens (primary N) is 1. The normalized spacial score (nSPS) is 11.8. The van der Waals surface area contributed by atoms with Crippen molar-refractivity contribution in [2.75, 3.05) is 0 Å². The van der Waals surface area contributed by atoms with Gasteiger partial charge >= 0.3 is 0 Å². The second-order valence-electron chi connectivity index (χ2n) is 5.53. The molecule has 1 atom stereocenters. The fraction of sp³-hybridized carbons (Fsp3) is 0.105. The van der Waals surface area contributed by atoms with Crippen molar-refractivity contribution in [3.63, 3.8) is 0 Å². The lowest BCUT2D eigenvalue weighted by molar-refractivity contribution is -0.119. The zero-order valence-corrected chi connectivity index (χ0v) is 13.0. The van der Waals surface area contributed by atoms with Crippen LogP contribution in [0.25, 0.3) is 10.8 Å². The first-order valence-corrected chi connectivity index (χ1v) is 7.62. The molecule has 0 spiro atoms. The maximum atomic E-state index is 12.2. The number of hydrogen-bond acceptors (Lipinski definition) is 3. The third-order valence-electron chi connectivity index (χ3n) is 3.80. The van der Waals surface area contributed by atoms with E-state index in [1.165, 1.54) is 6.20 Å². The summed E-state index contributed by atoms with van der Waals surface area (Å²) in [6.07, 6.45) is 1.86. The summed E-state index contributed by atoms with van der Waals surface area (Å²) in [5, 5.41) is 4.85. The van der Waals surface area contributed by atoms with Gasteiger partial charge in [-0.05, 0) is 28.5 Å². The van der Waals surface area contributed by atoms with Crippen LogP contribution in [0.15, 0.2) is 66.9 Å². The molecule has 3 aromatic rings. The average Bonchev–Trinajstić information content (AvgIpc) is 2.61. The van der Waals surface area contributed by atoms with Crippen LogP contribution in [0.3, 0.4) is 0 Å². The molecule has 1 aromatic heterocycles. The first-order chi connectivity index (χ1) is 11.6. The number of benzene rings is 2. The number of carbonyl (C=O) groups is 2. The minimum Gasteiger partial charge on any atom is -0.368 e. The van der Waals surface area contributed by atoms with Crippen molar-refractivity contribution >= 4 is 22.6 Å². The van der Waals surface area contributed by atoms with Gasteiger partial charge in [0.1, 0.15) is 11.7 Å². The maximum absolute atomic E-state index is 12.2. The number of pyridine rings is 1. The number of rotatable bonds is 5. The lowest BCUT2D eigenvalue weighted by Gasteiger charge is -2.15. The Hall–Kier alpha value is -3.21. The molecule has 120 valence electrons. The molecule has 5 nitrogen and oxygen atoms in total. The summed E-state index contributed by atoms with van der Waals surface area (Å²) in [6.45, 7) is 0. The van der Waals surface area contributed by atoms with Gasteiger partial charge in [0.2, 0.25) is 5.91 Å². The molecular weight excluding hydrogens is 302 g/mol. The van der Waals surface area contributed by atoms with E-state index in [9.17, 15) is 9.59 Å². The van der Waals surface area contributed by atoms with E-state index in [-0.39, 0.29) is 5.69 Å². The number of primary amides is 1. The Morgan fingerprint density at radius 3 is 2.46 bits per heavy atom. The number of nitrogens with zero attached hydrogens (tertiary/aromatic N) is 1.